The first-order chi connectivity index (χ1) is 7.80. The average Bonchev–Trinajstić information content (AvgIpc) is 2.64. The van der Waals surface area contributed by atoms with Crippen LogP contribution in [0.15, 0.2) is 17.5 Å². The van der Waals surface area contributed by atoms with Gasteiger partial charge in [-0.25, -0.2) is 4.79 Å². The Morgan fingerprint density at radius 2 is 2.24 bits per heavy atom. The quantitative estimate of drug-likeness (QED) is 0.869. The Hall–Kier alpha value is -1.07. The molecule has 0 fully saturated rings. The summed E-state index contributed by atoms with van der Waals surface area (Å²) < 4.78 is 0. The van der Waals surface area contributed by atoms with Crippen LogP contribution in [0.1, 0.15) is 25.6 Å². The van der Waals surface area contributed by atoms with Crippen molar-refractivity contribution >= 4 is 17.4 Å². The first-order valence-electron chi connectivity index (χ1n) is 5.59. The third-order valence-electron chi connectivity index (χ3n) is 2.50. The molecular formula is C12H20N2O2S. The number of hydrogen-bond acceptors (Lipinski definition) is 3. The highest BCUT2D eigenvalue weighted by Gasteiger charge is 2.27. The Morgan fingerprint density at radius 3 is 2.65 bits per heavy atom. The molecule has 1 aromatic heterocycles. The lowest BCUT2D eigenvalue weighted by atomic mass is 10.0. The predicted octanol–water partition coefficient (Wildman–Crippen LogP) is 2.40. The topological polar surface area (TPSA) is 66.6 Å². The Balaban J connectivity index is 2.59. The van der Waals surface area contributed by atoms with Crippen molar-refractivity contribution in [3.63, 3.8) is 0 Å². The summed E-state index contributed by atoms with van der Waals surface area (Å²) in [4.78, 5) is 13.7. The Morgan fingerprint density at radius 1 is 1.59 bits per heavy atom. The first kappa shape index (κ1) is 14.0. The minimum atomic E-state index is -0.917. The van der Waals surface area contributed by atoms with E-state index in [1.165, 1.54) is 9.78 Å². The molecule has 0 saturated carbocycles. The molecule has 4 nitrogen and oxygen atoms in total. The van der Waals surface area contributed by atoms with Gasteiger partial charge in [-0.05, 0) is 38.6 Å². The molecule has 5 heteroatoms. The minimum absolute atomic E-state index is 0.163. The van der Waals surface area contributed by atoms with E-state index in [4.69, 9.17) is 10.8 Å². The fourth-order valence-electron chi connectivity index (χ4n) is 1.63. The van der Waals surface area contributed by atoms with Crippen molar-refractivity contribution in [1.29, 1.82) is 0 Å². The lowest BCUT2D eigenvalue weighted by Crippen LogP contribution is -2.50. The number of rotatable bonds is 4. The zero-order valence-corrected chi connectivity index (χ0v) is 11.3. The van der Waals surface area contributed by atoms with Crippen molar-refractivity contribution in [3.05, 3.63) is 22.4 Å². The fourth-order valence-corrected chi connectivity index (χ4v) is 2.42. The van der Waals surface area contributed by atoms with Crippen LogP contribution in [0.2, 0.25) is 0 Å². The Kier molecular flexibility index (Phi) is 4.54. The second kappa shape index (κ2) is 5.51. The van der Waals surface area contributed by atoms with Gasteiger partial charge in [-0.2, -0.15) is 0 Å². The second-order valence-corrected chi connectivity index (χ2v) is 6.14. The van der Waals surface area contributed by atoms with Gasteiger partial charge in [0, 0.05) is 23.0 Å². The van der Waals surface area contributed by atoms with E-state index >= 15 is 0 Å². The van der Waals surface area contributed by atoms with Gasteiger partial charge in [-0.3, -0.25) is 0 Å². The van der Waals surface area contributed by atoms with E-state index in [0.717, 1.165) is 6.42 Å². The van der Waals surface area contributed by atoms with Crippen molar-refractivity contribution in [3.8, 4) is 0 Å². The third kappa shape index (κ3) is 4.36. The molecule has 96 valence electrons. The van der Waals surface area contributed by atoms with E-state index in [-0.39, 0.29) is 6.04 Å². The lowest BCUT2D eigenvalue weighted by Gasteiger charge is -2.34. The molecule has 17 heavy (non-hydrogen) atoms. The van der Waals surface area contributed by atoms with Gasteiger partial charge in [-0.1, -0.05) is 6.07 Å². The summed E-state index contributed by atoms with van der Waals surface area (Å²) >= 11 is 1.65. The molecule has 0 aliphatic rings. The molecule has 1 amide bonds. The van der Waals surface area contributed by atoms with E-state index in [1.807, 2.05) is 38.3 Å². The number of carbonyl (C=O) groups is 1. The fraction of sp³-hybridized carbons (Fsp3) is 0.583. The van der Waals surface area contributed by atoms with Crippen LogP contribution < -0.4 is 5.73 Å². The second-order valence-electron chi connectivity index (χ2n) is 5.11. The molecule has 1 aromatic rings. The molecule has 0 aliphatic heterocycles. The maximum atomic E-state index is 11.2. The van der Waals surface area contributed by atoms with E-state index < -0.39 is 11.6 Å². The zero-order valence-electron chi connectivity index (χ0n) is 10.5. The molecule has 1 heterocycles. The molecule has 0 bridgehead atoms. The zero-order chi connectivity index (χ0) is 13.1. The van der Waals surface area contributed by atoms with Crippen molar-refractivity contribution < 1.29 is 9.90 Å². The Bertz CT molecular complexity index is 357. The molecule has 0 aromatic carbocycles. The van der Waals surface area contributed by atoms with Crippen LogP contribution in [0.5, 0.6) is 0 Å². The summed E-state index contributed by atoms with van der Waals surface area (Å²) in [6.07, 6.45) is -0.198. The van der Waals surface area contributed by atoms with Crippen LogP contribution in [0.4, 0.5) is 4.79 Å². The number of nitrogens with two attached hydrogens (primary N) is 1. The van der Waals surface area contributed by atoms with Gasteiger partial charge in [-0.15, -0.1) is 11.3 Å². The molecule has 0 radical (unpaired) electrons. The first-order valence-corrected chi connectivity index (χ1v) is 6.47. The normalized spacial score (nSPS) is 13.4. The smallest absolute Gasteiger partial charge is 0.407 e. The van der Waals surface area contributed by atoms with Crippen LogP contribution in [0.3, 0.4) is 0 Å². The van der Waals surface area contributed by atoms with Gasteiger partial charge in [0.1, 0.15) is 0 Å². The highest BCUT2D eigenvalue weighted by atomic mass is 32.1. The van der Waals surface area contributed by atoms with Crippen LogP contribution >= 0.6 is 11.3 Å². The number of hydrogen-bond donors (Lipinski definition) is 2. The summed E-state index contributed by atoms with van der Waals surface area (Å²) in [6.45, 7) is 5.98. The Labute approximate surface area is 106 Å². The monoisotopic (exact) mass is 256 g/mol. The van der Waals surface area contributed by atoms with Gasteiger partial charge >= 0.3 is 6.09 Å². The summed E-state index contributed by atoms with van der Waals surface area (Å²) in [6, 6.07) is 3.84. The molecule has 0 saturated heterocycles. The van der Waals surface area contributed by atoms with E-state index in [9.17, 15) is 4.79 Å². The summed E-state index contributed by atoms with van der Waals surface area (Å²) in [5.41, 5.74) is 5.58. The van der Waals surface area contributed by atoms with Crippen LogP contribution in [-0.4, -0.2) is 34.2 Å². The van der Waals surface area contributed by atoms with Crippen molar-refractivity contribution in [1.82, 2.24) is 4.90 Å². The SMILES string of the molecule is CC(C)(C)N(C[C@@H](N)Cc1cccs1)C(=O)O. The summed E-state index contributed by atoms with van der Waals surface area (Å²) in [7, 11) is 0. The highest BCUT2D eigenvalue weighted by molar-refractivity contribution is 7.09. The van der Waals surface area contributed by atoms with E-state index in [1.54, 1.807) is 11.3 Å². The van der Waals surface area contributed by atoms with Gasteiger partial charge in [0.25, 0.3) is 0 Å². The van der Waals surface area contributed by atoms with Crippen molar-refractivity contribution in [2.24, 2.45) is 5.73 Å². The predicted molar refractivity (Wildman–Crippen MR) is 70.5 cm³/mol. The maximum absolute atomic E-state index is 11.2. The summed E-state index contributed by atoms with van der Waals surface area (Å²) in [5, 5.41) is 11.2. The standard InChI is InChI=1S/C12H20N2O2S/c1-12(2,3)14(11(15)16)8-9(13)7-10-5-4-6-17-10/h4-6,9H,7-8,13H2,1-3H3,(H,15,16)/t9-/m0/s1. The van der Waals surface area contributed by atoms with E-state index in [0.29, 0.717) is 6.54 Å². The minimum Gasteiger partial charge on any atom is -0.465 e. The van der Waals surface area contributed by atoms with E-state index in [2.05, 4.69) is 0 Å². The molecular weight excluding hydrogens is 236 g/mol. The van der Waals surface area contributed by atoms with Gasteiger partial charge < -0.3 is 15.7 Å². The number of thiophene rings is 1. The maximum Gasteiger partial charge on any atom is 0.407 e. The van der Waals surface area contributed by atoms with Gasteiger partial charge in [0.15, 0.2) is 0 Å². The highest BCUT2D eigenvalue weighted by Crippen LogP contribution is 2.16. The number of carboxylic acid groups (broad SMARTS) is 1. The largest absolute Gasteiger partial charge is 0.465 e. The van der Waals surface area contributed by atoms with Crippen LogP contribution in [0.25, 0.3) is 0 Å². The average molecular weight is 256 g/mol. The van der Waals surface area contributed by atoms with Crippen LogP contribution in [0, 0.1) is 0 Å². The van der Waals surface area contributed by atoms with Crippen LogP contribution in [-0.2, 0) is 6.42 Å². The molecule has 1 atom stereocenters. The van der Waals surface area contributed by atoms with Gasteiger partial charge in [0.05, 0.1) is 0 Å². The lowest BCUT2D eigenvalue weighted by molar-refractivity contribution is 0.0960. The molecule has 3 N–H and O–H groups in total. The molecule has 0 spiro atoms. The molecule has 0 unspecified atom stereocenters. The van der Waals surface area contributed by atoms with Crippen molar-refractivity contribution in [2.75, 3.05) is 6.54 Å². The summed E-state index contributed by atoms with van der Waals surface area (Å²) in [5.74, 6) is 0. The van der Waals surface area contributed by atoms with Gasteiger partial charge in [0.2, 0.25) is 0 Å². The number of amides is 1. The van der Waals surface area contributed by atoms with Crippen molar-refractivity contribution in [2.45, 2.75) is 38.8 Å². The third-order valence-corrected chi connectivity index (χ3v) is 3.40. The number of nitrogens with zero attached hydrogens (tertiary/aromatic N) is 1. The molecule has 1 rings (SSSR count). The molecule has 0 aliphatic carbocycles.